The number of nitrogens with one attached hydrogen (secondary N) is 1. The number of aromatic amines is 1. The van der Waals surface area contributed by atoms with Gasteiger partial charge in [0, 0.05) is 51.1 Å². The number of anilines is 1. The summed E-state index contributed by atoms with van der Waals surface area (Å²) in [6.07, 6.45) is -1.27. The number of ether oxygens (including phenoxy) is 1. The highest BCUT2D eigenvalue weighted by molar-refractivity contribution is 5.76. The lowest BCUT2D eigenvalue weighted by molar-refractivity contribution is -0.132. The average molecular weight is 431 g/mol. The van der Waals surface area contributed by atoms with Crippen LogP contribution in [-0.2, 0) is 9.53 Å². The van der Waals surface area contributed by atoms with Crippen molar-refractivity contribution in [3.8, 4) is 0 Å². The fourth-order valence-electron chi connectivity index (χ4n) is 3.97. The number of rotatable bonds is 5. The van der Waals surface area contributed by atoms with Crippen LogP contribution in [0.3, 0.4) is 0 Å². The zero-order valence-corrected chi connectivity index (χ0v) is 16.8. The fraction of sp³-hybridized carbons (Fsp3) is 0.500. The number of carbonyl (C=O) groups is 1. The number of nitrogens with zero attached hydrogens (tertiary/aromatic N) is 4. The quantitative estimate of drug-likeness (QED) is 0.529. The molecule has 0 saturated carbocycles. The van der Waals surface area contributed by atoms with Crippen molar-refractivity contribution < 1.29 is 19.7 Å². The summed E-state index contributed by atoms with van der Waals surface area (Å²) in [5.41, 5.74) is -1.31. The largest absolute Gasteiger partial charge is 0.388 e. The Labute approximate surface area is 177 Å². The van der Waals surface area contributed by atoms with Crippen molar-refractivity contribution in [2.75, 3.05) is 31.1 Å². The first-order valence-electron chi connectivity index (χ1n) is 10.2. The van der Waals surface area contributed by atoms with E-state index >= 15 is 0 Å². The van der Waals surface area contributed by atoms with Gasteiger partial charge in [0.1, 0.15) is 18.0 Å². The molecule has 2 fully saturated rings. The first-order valence-corrected chi connectivity index (χ1v) is 10.2. The number of H-pyrrole nitrogens is 1. The topological polar surface area (TPSA) is 141 Å². The van der Waals surface area contributed by atoms with E-state index in [0.717, 1.165) is 16.5 Å². The van der Waals surface area contributed by atoms with Gasteiger partial charge in [0.25, 0.3) is 5.56 Å². The summed E-state index contributed by atoms with van der Waals surface area (Å²) in [5.74, 6) is 0.824. The van der Waals surface area contributed by atoms with E-state index in [-0.39, 0.29) is 18.7 Å². The molecule has 11 heteroatoms. The molecule has 0 bridgehead atoms. The number of aliphatic hydroxyl groups excluding tert-OH is 2. The maximum absolute atomic E-state index is 12.6. The van der Waals surface area contributed by atoms with Crippen molar-refractivity contribution in [2.45, 2.75) is 37.4 Å². The molecule has 1 amide bonds. The highest BCUT2D eigenvalue weighted by Crippen LogP contribution is 2.30. The SMILES string of the molecule is O=C(CC[C@H]1O[C@@H](n2ccc(=O)[nH]c2=O)[C@H](O)[C@@H]1O)N1CCN(c2ccccn2)CC1. The van der Waals surface area contributed by atoms with Gasteiger partial charge >= 0.3 is 5.69 Å². The van der Waals surface area contributed by atoms with Gasteiger partial charge in [-0.1, -0.05) is 6.07 Å². The van der Waals surface area contributed by atoms with Crippen LogP contribution in [0, 0.1) is 0 Å². The predicted molar refractivity (Wildman–Crippen MR) is 110 cm³/mol. The summed E-state index contributed by atoms with van der Waals surface area (Å²) >= 11 is 0. The van der Waals surface area contributed by atoms with E-state index in [0.29, 0.717) is 26.2 Å². The number of aliphatic hydroxyl groups is 2. The maximum atomic E-state index is 12.6. The zero-order valence-electron chi connectivity index (χ0n) is 16.8. The van der Waals surface area contributed by atoms with Gasteiger partial charge in [-0.05, 0) is 18.6 Å². The number of amides is 1. The first-order chi connectivity index (χ1) is 14.9. The Morgan fingerprint density at radius 2 is 1.90 bits per heavy atom. The minimum absolute atomic E-state index is 0.0596. The van der Waals surface area contributed by atoms with Gasteiger partial charge in [-0.25, -0.2) is 9.78 Å². The molecule has 2 aliphatic heterocycles. The van der Waals surface area contributed by atoms with Crippen molar-refractivity contribution in [1.82, 2.24) is 19.4 Å². The first kappa shape index (κ1) is 21.2. The lowest BCUT2D eigenvalue weighted by Crippen LogP contribution is -2.49. The molecule has 0 unspecified atom stereocenters. The minimum atomic E-state index is -1.36. The molecule has 2 aromatic rings. The molecule has 4 rings (SSSR count). The Balaban J connectivity index is 1.30. The van der Waals surface area contributed by atoms with Gasteiger partial charge in [0.15, 0.2) is 6.23 Å². The molecule has 4 atom stereocenters. The Kier molecular flexibility index (Phi) is 6.16. The van der Waals surface area contributed by atoms with Crippen LogP contribution in [0.25, 0.3) is 0 Å². The third kappa shape index (κ3) is 4.53. The van der Waals surface area contributed by atoms with E-state index in [2.05, 4.69) is 14.9 Å². The molecule has 0 spiro atoms. The van der Waals surface area contributed by atoms with E-state index in [1.165, 1.54) is 6.20 Å². The van der Waals surface area contributed by atoms with Crippen LogP contribution in [0.5, 0.6) is 0 Å². The van der Waals surface area contributed by atoms with E-state index in [1.807, 2.05) is 18.2 Å². The van der Waals surface area contributed by atoms with Gasteiger partial charge < -0.3 is 24.7 Å². The molecule has 11 nitrogen and oxygen atoms in total. The third-order valence-corrected chi connectivity index (χ3v) is 5.71. The zero-order chi connectivity index (χ0) is 22.0. The van der Waals surface area contributed by atoms with Crippen LogP contribution in [-0.4, -0.2) is 80.0 Å². The molecule has 4 heterocycles. The van der Waals surface area contributed by atoms with Crippen LogP contribution >= 0.6 is 0 Å². The monoisotopic (exact) mass is 431 g/mol. The summed E-state index contributed by atoms with van der Waals surface area (Å²) in [6, 6.07) is 6.85. The van der Waals surface area contributed by atoms with Crippen molar-refractivity contribution in [3.05, 3.63) is 57.5 Å². The van der Waals surface area contributed by atoms with Crippen molar-refractivity contribution in [3.63, 3.8) is 0 Å². The van der Waals surface area contributed by atoms with E-state index in [4.69, 9.17) is 4.74 Å². The van der Waals surface area contributed by atoms with E-state index in [9.17, 15) is 24.6 Å². The summed E-state index contributed by atoms with van der Waals surface area (Å²) < 4.78 is 6.68. The summed E-state index contributed by atoms with van der Waals surface area (Å²) in [5, 5.41) is 20.6. The Bertz CT molecular complexity index is 1020. The normalized spacial score (nSPS) is 26.3. The number of hydrogen-bond donors (Lipinski definition) is 3. The number of piperazine rings is 1. The molecule has 31 heavy (non-hydrogen) atoms. The van der Waals surface area contributed by atoms with E-state index < -0.39 is 35.8 Å². The third-order valence-electron chi connectivity index (χ3n) is 5.71. The van der Waals surface area contributed by atoms with Crippen LogP contribution in [0.1, 0.15) is 19.1 Å². The van der Waals surface area contributed by atoms with Gasteiger partial charge in [0.05, 0.1) is 6.10 Å². The highest BCUT2D eigenvalue weighted by atomic mass is 16.6. The lowest BCUT2D eigenvalue weighted by atomic mass is 10.1. The molecule has 2 aliphatic rings. The lowest BCUT2D eigenvalue weighted by Gasteiger charge is -2.35. The molecule has 2 saturated heterocycles. The summed E-state index contributed by atoms with van der Waals surface area (Å²) in [6.45, 7) is 2.51. The predicted octanol–water partition coefficient (Wildman–Crippen LogP) is -1.32. The van der Waals surface area contributed by atoms with E-state index in [1.54, 1.807) is 11.1 Å². The molecule has 0 radical (unpaired) electrons. The standard InChI is InChI=1S/C20H25N5O6/c26-15-6-8-25(20(30)22-15)19-18(29)17(28)13(31-19)4-5-16(27)24-11-9-23(10-12-24)14-3-1-2-7-21-14/h1-3,6-8,13,17-19,28-29H,4-5,9-12H2,(H,22,26,30)/t13-,17-,18-,19-/m1/s1. The molecule has 166 valence electrons. The number of pyridine rings is 1. The molecule has 3 N–H and O–H groups in total. The smallest absolute Gasteiger partial charge is 0.330 e. The summed E-state index contributed by atoms with van der Waals surface area (Å²) in [7, 11) is 0. The fourth-order valence-corrected chi connectivity index (χ4v) is 3.97. The molecule has 0 aromatic carbocycles. The van der Waals surface area contributed by atoms with Gasteiger partial charge in [-0.3, -0.25) is 19.1 Å². The molecular formula is C20H25N5O6. The summed E-state index contributed by atoms with van der Waals surface area (Å²) in [4.78, 5) is 46.1. The van der Waals surface area contributed by atoms with Crippen LogP contribution in [0.15, 0.2) is 46.2 Å². The Hall–Kier alpha value is -3.02. The number of aromatic nitrogens is 3. The number of carbonyl (C=O) groups excluding carboxylic acids is 1. The number of hydrogen-bond acceptors (Lipinski definition) is 8. The minimum Gasteiger partial charge on any atom is -0.388 e. The maximum Gasteiger partial charge on any atom is 0.330 e. The molecular weight excluding hydrogens is 406 g/mol. The van der Waals surface area contributed by atoms with Gasteiger partial charge in [0.2, 0.25) is 5.91 Å². The van der Waals surface area contributed by atoms with Crippen molar-refractivity contribution >= 4 is 11.7 Å². The van der Waals surface area contributed by atoms with Crippen LogP contribution in [0.4, 0.5) is 5.82 Å². The van der Waals surface area contributed by atoms with Crippen molar-refractivity contribution in [2.24, 2.45) is 0 Å². The van der Waals surface area contributed by atoms with Crippen molar-refractivity contribution in [1.29, 1.82) is 0 Å². The second-order valence-corrected chi connectivity index (χ2v) is 7.66. The average Bonchev–Trinajstić information content (AvgIpc) is 3.06. The highest BCUT2D eigenvalue weighted by Gasteiger charge is 2.44. The van der Waals surface area contributed by atoms with Gasteiger partial charge in [-0.15, -0.1) is 0 Å². The van der Waals surface area contributed by atoms with Gasteiger partial charge in [-0.2, -0.15) is 0 Å². The molecule has 2 aromatic heterocycles. The van der Waals surface area contributed by atoms with Crippen LogP contribution < -0.4 is 16.1 Å². The second kappa shape index (κ2) is 9.00. The Morgan fingerprint density at radius 3 is 2.58 bits per heavy atom. The van der Waals surface area contributed by atoms with Crippen LogP contribution in [0.2, 0.25) is 0 Å². The second-order valence-electron chi connectivity index (χ2n) is 7.66. The Morgan fingerprint density at radius 1 is 1.13 bits per heavy atom. The molecule has 0 aliphatic carbocycles.